The summed E-state index contributed by atoms with van der Waals surface area (Å²) < 4.78 is 5.11. The zero-order valence-corrected chi connectivity index (χ0v) is 16.6. The number of methoxy groups -OCH3 is 1. The molecule has 0 atom stereocenters. The summed E-state index contributed by atoms with van der Waals surface area (Å²) in [6.07, 6.45) is 0. The predicted octanol–water partition coefficient (Wildman–Crippen LogP) is 6.13. The lowest BCUT2D eigenvalue weighted by Gasteiger charge is -2.06. The average Bonchev–Trinajstić information content (AvgIpc) is 3.23. The highest BCUT2D eigenvalue weighted by Gasteiger charge is 2.09. The van der Waals surface area contributed by atoms with Crippen molar-refractivity contribution in [2.24, 2.45) is 0 Å². The first kappa shape index (κ1) is 18.7. The molecule has 0 unspecified atom stereocenters. The van der Waals surface area contributed by atoms with Crippen molar-refractivity contribution in [1.29, 1.82) is 0 Å². The number of nitrogens with zero attached hydrogens (tertiary/aromatic N) is 1. The van der Waals surface area contributed by atoms with Gasteiger partial charge in [0.1, 0.15) is 5.75 Å². The molecule has 6 heteroatoms. The quantitative estimate of drug-likeness (QED) is 0.423. The first-order valence-corrected chi connectivity index (χ1v) is 9.93. The monoisotopic (exact) mass is 401 g/mol. The lowest BCUT2D eigenvalue weighted by atomic mass is 10.0. The number of carbonyl (C=O) groups is 1. The maximum absolute atomic E-state index is 12.2. The summed E-state index contributed by atoms with van der Waals surface area (Å²) in [7, 11) is 1.60. The molecule has 0 bridgehead atoms. The minimum absolute atomic E-state index is 0.338. The number of anilines is 2. The van der Waals surface area contributed by atoms with Crippen molar-refractivity contribution in [2.45, 2.75) is 0 Å². The van der Waals surface area contributed by atoms with Gasteiger partial charge in [-0.1, -0.05) is 54.6 Å². The highest BCUT2D eigenvalue weighted by molar-refractivity contribution is 7.14. The largest absolute Gasteiger partial charge is 0.497 e. The second-order valence-corrected chi connectivity index (χ2v) is 7.15. The van der Waals surface area contributed by atoms with E-state index in [-0.39, 0.29) is 6.03 Å². The fraction of sp³-hybridized carbons (Fsp3) is 0.0435. The van der Waals surface area contributed by atoms with Crippen LogP contribution in [0.5, 0.6) is 5.75 Å². The van der Waals surface area contributed by atoms with Gasteiger partial charge in [0, 0.05) is 16.6 Å². The average molecular weight is 401 g/mol. The van der Waals surface area contributed by atoms with Crippen molar-refractivity contribution in [3.8, 4) is 28.1 Å². The molecule has 4 rings (SSSR count). The molecule has 0 saturated carbocycles. The number of rotatable bonds is 5. The van der Waals surface area contributed by atoms with Crippen LogP contribution in [-0.2, 0) is 0 Å². The van der Waals surface area contributed by atoms with E-state index < -0.39 is 0 Å². The number of carbonyl (C=O) groups excluding carboxylic acids is 1. The number of thiazole rings is 1. The van der Waals surface area contributed by atoms with Crippen LogP contribution in [0.25, 0.3) is 22.4 Å². The Morgan fingerprint density at radius 1 is 0.828 bits per heavy atom. The lowest BCUT2D eigenvalue weighted by molar-refractivity contribution is 0.262. The Balaban J connectivity index is 1.40. The number of benzene rings is 3. The van der Waals surface area contributed by atoms with Crippen LogP contribution < -0.4 is 15.4 Å². The number of aromatic nitrogens is 1. The second kappa shape index (κ2) is 8.58. The van der Waals surface area contributed by atoms with Gasteiger partial charge in [0.25, 0.3) is 0 Å². The Morgan fingerprint density at radius 3 is 2.17 bits per heavy atom. The zero-order valence-electron chi connectivity index (χ0n) is 15.8. The summed E-state index contributed by atoms with van der Waals surface area (Å²) in [6, 6.07) is 25.3. The van der Waals surface area contributed by atoms with Gasteiger partial charge in [-0.15, -0.1) is 11.3 Å². The highest BCUT2D eigenvalue weighted by Crippen LogP contribution is 2.27. The highest BCUT2D eigenvalue weighted by atomic mass is 32.1. The zero-order chi connectivity index (χ0) is 20.1. The van der Waals surface area contributed by atoms with E-state index in [0.717, 1.165) is 22.6 Å². The van der Waals surface area contributed by atoms with Gasteiger partial charge in [0.15, 0.2) is 5.13 Å². The number of urea groups is 1. The number of hydrogen-bond donors (Lipinski definition) is 2. The number of hydrogen-bond acceptors (Lipinski definition) is 4. The molecule has 144 valence electrons. The maximum Gasteiger partial charge on any atom is 0.325 e. The molecule has 0 radical (unpaired) electrons. The van der Waals surface area contributed by atoms with E-state index in [0.29, 0.717) is 10.8 Å². The van der Waals surface area contributed by atoms with Gasteiger partial charge in [-0.2, -0.15) is 0 Å². The molecule has 0 aliphatic carbocycles. The Bertz CT molecular complexity index is 1090. The number of ether oxygens (including phenoxy) is 1. The lowest BCUT2D eigenvalue weighted by Crippen LogP contribution is -2.19. The molecule has 3 aromatic carbocycles. The van der Waals surface area contributed by atoms with Crippen molar-refractivity contribution in [1.82, 2.24) is 4.98 Å². The Kier molecular flexibility index (Phi) is 5.54. The molecule has 1 heterocycles. The summed E-state index contributed by atoms with van der Waals surface area (Å²) in [5, 5.41) is 8.02. The predicted molar refractivity (Wildman–Crippen MR) is 119 cm³/mol. The van der Waals surface area contributed by atoms with Crippen molar-refractivity contribution in [2.75, 3.05) is 17.7 Å². The third-order valence-corrected chi connectivity index (χ3v) is 5.12. The SMILES string of the molecule is COc1ccc(NC(=O)Nc2nc(-c3ccc(-c4ccccc4)cc3)cs2)cc1. The number of nitrogens with one attached hydrogen (secondary N) is 2. The summed E-state index contributed by atoms with van der Waals surface area (Å²) >= 11 is 1.39. The summed E-state index contributed by atoms with van der Waals surface area (Å²) in [5.41, 5.74) is 4.84. The number of amides is 2. The van der Waals surface area contributed by atoms with Crippen LogP contribution >= 0.6 is 11.3 Å². The third-order valence-electron chi connectivity index (χ3n) is 4.36. The fourth-order valence-electron chi connectivity index (χ4n) is 2.86. The van der Waals surface area contributed by atoms with Crippen LogP contribution in [0, 0.1) is 0 Å². The summed E-state index contributed by atoms with van der Waals surface area (Å²) in [6.45, 7) is 0. The van der Waals surface area contributed by atoms with Crippen LogP contribution in [-0.4, -0.2) is 18.1 Å². The molecular formula is C23H19N3O2S. The van der Waals surface area contributed by atoms with Gasteiger partial charge in [-0.25, -0.2) is 9.78 Å². The van der Waals surface area contributed by atoms with E-state index in [1.165, 1.54) is 16.9 Å². The molecular weight excluding hydrogens is 382 g/mol. The molecule has 0 aliphatic heterocycles. The first-order valence-electron chi connectivity index (χ1n) is 9.05. The summed E-state index contributed by atoms with van der Waals surface area (Å²) in [4.78, 5) is 16.7. The van der Waals surface area contributed by atoms with Gasteiger partial charge in [0.2, 0.25) is 0 Å². The van der Waals surface area contributed by atoms with E-state index in [1.807, 2.05) is 35.7 Å². The van der Waals surface area contributed by atoms with Crippen LogP contribution in [0.4, 0.5) is 15.6 Å². The molecule has 0 saturated heterocycles. The minimum Gasteiger partial charge on any atom is -0.497 e. The van der Waals surface area contributed by atoms with Gasteiger partial charge in [-0.05, 0) is 35.4 Å². The van der Waals surface area contributed by atoms with Gasteiger partial charge in [-0.3, -0.25) is 5.32 Å². The van der Waals surface area contributed by atoms with Crippen molar-refractivity contribution in [3.63, 3.8) is 0 Å². The minimum atomic E-state index is -0.338. The van der Waals surface area contributed by atoms with Crippen LogP contribution in [0.3, 0.4) is 0 Å². The van der Waals surface area contributed by atoms with E-state index in [4.69, 9.17) is 4.74 Å². The molecule has 0 fully saturated rings. The molecule has 0 aliphatic rings. The van der Waals surface area contributed by atoms with E-state index >= 15 is 0 Å². The molecule has 29 heavy (non-hydrogen) atoms. The summed E-state index contributed by atoms with van der Waals surface area (Å²) in [5.74, 6) is 0.735. The molecule has 2 amide bonds. The molecule has 0 spiro atoms. The van der Waals surface area contributed by atoms with Crippen LogP contribution in [0.15, 0.2) is 84.2 Å². The molecule has 4 aromatic rings. The van der Waals surface area contributed by atoms with E-state index in [9.17, 15) is 4.79 Å². The smallest absolute Gasteiger partial charge is 0.325 e. The fourth-order valence-corrected chi connectivity index (χ4v) is 3.58. The normalized spacial score (nSPS) is 10.4. The maximum atomic E-state index is 12.2. The molecule has 2 N–H and O–H groups in total. The van der Waals surface area contributed by atoms with E-state index in [1.54, 1.807) is 31.4 Å². The van der Waals surface area contributed by atoms with E-state index in [2.05, 4.69) is 39.9 Å². The topological polar surface area (TPSA) is 63.2 Å². The third kappa shape index (κ3) is 4.62. The van der Waals surface area contributed by atoms with Gasteiger partial charge in [0.05, 0.1) is 12.8 Å². The van der Waals surface area contributed by atoms with Gasteiger partial charge >= 0.3 is 6.03 Å². The van der Waals surface area contributed by atoms with Crippen LogP contribution in [0.1, 0.15) is 0 Å². The first-order chi connectivity index (χ1) is 14.2. The Hall–Kier alpha value is -3.64. The molecule has 5 nitrogen and oxygen atoms in total. The van der Waals surface area contributed by atoms with Crippen molar-refractivity contribution >= 4 is 28.2 Å². The second-order valence-electron chi connectivity index (χ2n) is 6.29. The van der Waals surface area contributed by atoms with Crippen LogP contribution in [0.2, 0.25) is 0 Å². The standard InChI is InChI=1S/C23H19N3O2S/c1-28-20-13-11-19(12-14-20)24-22(27)26-23-25-21(15-29-23)18-9-7-17(8-10-18)16-5-3-2-4-6-16/h2-15H,1H3,(H2,24,25,26,27). The molecule has 1 aromatic heterocycles. The van der Waals surface area contributed by atoms with Gasteiger partial charge < -0.3 is 10.1 Å². The van der Waals surface area contributed by atoms with Crippen molar-refractivity contribution in [3.05, 3.63) is 84.2 Å². The van der Waals surface area contributed by atoms with Crippen molar-refractivity contribution < 1.29 is 9.53 Å². The Morgan fingerprint density at radius 2 is 1.48 bits per heavy atom. The Labute approximate surface area is 173 Å².